The van der Waals surface area contributed by atoms with Gasteiger partial charge in [-0.1, -0.05) is 11.6 Å². The van der Waals surface area contributed by atoms with Crippen LogP contribution in [-0.2, 0) is 14.3 Å². The molecule has 9 nitrogen and oxygen atoms in total. The molecule has 4 heterocycles. The normalized spacial score (nSPS) is 21.0. The zero-order valence-corrected chi connectivity index (χ0v) is 22.3. The van der Waals surface area contributed by atoms with Gasteiger partial charge < -0.3 is 24.7 Å². The Morgan fingerprint density at radius 3 is 2.61 bits per heavy atom. The maximum Gasteiger partial charge on any atom is 0.471 e. The Hall–Kier alpha value is -3.71. The molecule has 14 heteroatoms. The lowest BCUT2D eigenvalue weighted by atomic mass is 9.83. The molecule has 5 rings (SSSR count). The Balaban J connectivity index is 1.45. The molecule has 2 fully saturated rings. The van der Waals surface area contributed by atoms with E-state index >= 15 is 0 Å². The first-order valence-corrected chi connectivity index (χ1v) is 13.3. The summed E-state index contributed by atoms with van der Waals surface area (Å²) in [5.41, 5.74) is -0.468. The minimum absolute atomic E-state index is 0.0294. The van der Waals surface area contributed by atoms with Gasteiger partial charge in [0, 0.05) is 56.3 Å². The molecule has 2 aliphatic heterocycles. The number of imidazole rings is 1. The molecule has 2 atom stereocenters. The van der Waals surface area contributed by atoms with Crippen molar-refractivity contribution in [2.24, 2.45) is 0 Å². The number of carbonyl (C=O) groups excluding carboxylic acids is 3. The molecule has 2 aromatic heterocycles. The molecule has 1 aromatic carbocycles. The lowest BCUT2D eigenvalue weighted by Gasteiger charge is -2.42. The number of fused-ring (bicyclic) bond motifs is 1. The molecule has 0 aliphatic carbocycles. The van der Waals surface area contributed by atoms with Gasteiger partial charge in [0.2, 0.25) is 5.91 Å². The van der Waals surface area contributed by atoms with E-state index in [2.05, 4.69) is 10.3 Å². The van der Waals surface area contributed by atoms with E-state index in [1.165, 1.54) is 11.0 Å². The van der Waals surface area contributed by atoms with Crippen molar-refractivity contribution in [2.45, 2.75) is 42.9 Å². The first kappa shape index (κ1) is 28.8. The maximum atomic E-state index is 14.3. The summed E-state index contributed by atoms with van der Waals surface area (Å²) in [5.74, 6) is -4.54. The second-order valence-electron chi connectivity index (χ2n) is 10.2. The van der Waals surface area contributed by atoms with Crippen molar-refractivity contribution < 1.29 is 36.7 Å². The molecule has 2 N–H and O–H groups in total. The molecule has 0 saturated carbocycles. The Bertz CT molecular complexity index is 1450. The van der Waals surface area contributed by atoms with Gasteiger partial charge in [0.1, 0.15) is 11.4 Å². The lowest BCUT2D eigenvalue weighted by Crippen LogP contribution is -2.66. The van der Waals surface area contributed by atoms with E-state index < -0.39 is 41.3 Å². The van der Waals surface area contributed by atoms with Crippen LogP contribution in [0.5, 0.6) is 0 Å². The van der Waals surface area contributed by atoms with E-state index in [0.717, 1.165) is 6.07 Å². The van der Waals surface area contributed by atoms with Gasteiger partial charge in [-0.2, -0.15) is 13.2 Å². The topological polar surface area (TPSA) is 105 Å². The second kappa shape index (κ2) is 11.3. The molecule has 3 amide bonds. The summed E-state index contributed by atoms with van der Waals surface area (Å²) in [4.78, 5) is 44.8. The minimum atomic E-state index is -5.20. The Morgan fingerprint density at radius 1 is 1.15 bits per heavy atom. The summed E-state index contributed by atoms with van der Waals surface area (Å²) >= 11 is 6.10. The highest BCUT2D eigenvalue weighted by Gasteiger charge is 2.49. The predicted molar refractivity (Wildman–Crippen MR) is 139 cm³/mol. The van der Waals surface area contributed by atoms with Crippen LogP contribution in [-0.4, -0.2) is 76.1 Å². The number of alkyl halides is 3. The van der Waals surface area contributed by atoms with Crippen LogP contribution in [0.25, 0.3) is 5.52 Å². The van der Waals surface area contributed by atoms with E-state index in [4.69, 9.17) is 16.3 Å². The van der Waals surface area contributed by atoms with E-state index in [1.54, 1.807) is 41.3 Å². The fourth-order valence-electron chi connectivity index (χ4n) is 5.49. The summed E-state index contributed by atoms with van der Waals surface area (Å²) in [5, 5.41) is 4.81. The van der Waals surface area contributed by atoms with Crippen LogP contribution in [0.1, 0.15) is 41.1 Å². The molecular weight excluding hydrogens is 570 g/mol. The van der Waals surface area contributed by atoms with Crippen LogP contribution < -0.4 is 10.6 Å². The summed E-state index contributed by atoms with van der Waals surface area (Å²) < 4.78 is 60.8. The smallest absolute Gasteiger partial charge is 0.381 e. The lowest BCUT2D eigenvalue weighted by molar-refractivity contribution is -0.177. The molecular formula is C27H26ClF4N5O4. The van der Waals surface area contributed by atoms with Gasteiger partial charge in [0.05, 0.1) is 29.6 Å². The number of aromatic nitrogens is 2. The third-order valence-electron chi connectivity index (χ3n) is 7.60. The molecule has 2 aliphatic rings. The van der Waals surface area contributed by atoms with Crippen molar-refractivity contribution >= 4 is 34.8 Å². The van der Waals surface area contributed by atoms with Crippen molar-refractivity contribution in [2.75, 3.05) is 26.3 Å². The van der Waals surface area contributed by atoms with Gasteiger partial charge in [-0.15, -0.1) is 0 Å². The fourth-order valence-corrected chi connectivity index (χ4v) is 5.73. The zero-order chi connectivity index (χ0) is 29.4. The highest BCUT2D eigenvalue weighted by molar-refractivity contribution is 6.30. The molecule has 41 heavy (non-hydrogen) atoms. The maximum absolute atomic E-state index is 14.3. The monoisotopic (exact) mass is 595 g/mol. The molecule has 0 unspecified atom stereocenters. The van der Waals surface area contributed by atoms with E-state index in [-0.39, 0.29) is 50.1 Å². The summed E-state index contributed by atoms with van der Waals surface area (Å²) in [6.45, 7) is 0.138. The SMILES string of the molecule is O=C(c1cccn2cncc12)N1CC[C@@H](c2cc(F)cc(Cl)c2)[C@H](NC(=O)C2(NC(=O)C(F)(F)F)CCOCC2)C1. The van der Waals surface area contributed by atoms with Crippen LogP contribution in [0.2, 0.25) is 5.02 Å². The van der Waals surface area contributed by atoms with Crippen molar-refractivity contribution in [3.05, 3.63) is 71.0 Å². The van der Waals surface area contributed by atoms with Crippen LogP contribution >= 0.6 is 11.6 Å². The van der Waals surface area contributed by atoms with E-state index in [0.29, 0.717) is 23.1 Å². The molecule has 0 spiro atoms. The molecule has 0 radical (unpaired) electrons. The standard InChI is InChI=1S/C27H26ClF4N5O4/c28-17-10-16(11-18(29)12-17)19-3-7-36(23(38)20-2-1-6-37-15-33-13-22(20)37)14-21(19)34-24(39)26(4-8-41-9-5-26)35-25(40)27(30,31)32/h1-2,6,10-13,15,19,21H,3-5,7-9,14H2,(H,34,39)(H,35,40)/t19-,21+/m0/s1. The summed E-state index contributed by atoms with van der Waals surface area (Å²) in [7, 11) is 0. The summed E-state index contributed by atoms with van der Waals surface area (Å²) in [6.07, 6.45) is -0.432. The van der Waals surface area contributed by atoms with Crippen molar-refractivity contribution in [1.82, 2.24) is 24.9 Å². The zero-order valence-electron chi connectivity index (χ0n) is 21.6. The number of hydrogen-bond donors (Lipinski definition) is 2. The van der Waals surface area contributed by atoms with E-state index in [9.17, 15) is 31.9 Å². The first-order valence-electron chi connectivity index (χ1n) is 12.9. The van der Waals surface area contributed by atoms with Crippen molar-refractivity contribution in [1.29, 1.82) is 0 Å². The van der Waals surface area contributed by atoms with Crippen molar-refractivity contribution in [3.63, 3.8) is 0 Å². The van der Waals surface area contributed by atoms with Crippen LogP contribution in [0.4, 0.5) is 17.6 Å². The highest BCUT2D eigenvalue weighted by atomic mass is 35.5. The Morgan fingerprint density at radius 2 is 1.90 bits per heavy atom. The second-order valence-corrected chi connectivity index (χ2v) is 10.6. The first-order chi connectivity index (χ1) is 19.5. The van der Waals surface area contributed by atoms with Crippen LogP contribution in [0.15, 0.2) is 49.1 Å². The number of hydrogen-bond acceptors (Lipinski definition) is 5. The number of halogens is 5. The number of nitrogens with one attached hydrogen (secondary N) is 2. The molecule has 3 aromatic rings. The van der Waals surface area contributed by atoms with Gasteiger partial charge in [0.25, 0.3) is 5.91 Å². The number of likely N-dealkylation sites (tertiary alicyclic amines) is 1. The average molecular weight is 596 g/mol. The number of piperidine rings is 1. The molecule has 2 saturated heterocycles. The summed E-state index contributed by atoms with van der Waals surface area (Å²) in [6, 6.07) is 6.46. The molecule has 0 bridgehead atoms. The van der Waals surface area contributed by atoms with Gasteiger partial charge in [-0.3, -0.25) is 14.4 Å². The van der Waals surface area contributed by atoms with Crippen LogP contribution in [0, 0.1) is 5.82 Å². The number of nitrogens with zero attached hydrogens (tertiary/aromatic N) is 3. The van der Waals surface area contributed by atoms with Crippen LogP contribution in [0.3, 0.4) is 0 Å². The van der Waals surface area contributed by atoms with E-state index in [1.807, 2.05) is 5.32 Å². The van der Waals surface area contributed by atoms with Gasteiger partial charge in [-0.25, -0.2) is 9.37 Å². The minimum Gasteiger partial charge on any atom is -0.381 e. The number of rotatable bonds is 5. The Labute approximate surface area is 236 Å². The van der Waals surface area contributed by atoms with Gasteiger partial charge >= 0.3 is 12.1 Å². The number of ether oxygens (including phenoxy) is 1. The highest BCUT2D eigenvalue weighted by Crippen LogP contribution is 2.33. The average Bonchev–Trinajstić information content (AvgIpc) is 3.41. The third kappa shape index (κ3) is 6.01. The fraction of sp³-hybridized carbons (Fsp3) is 0.407. The number of amides is 3. The predicted octanol–water partition coefficient (Wildman–Crippen LogP) is 3.47. The number of pyridine rings is 1. The number of benzene rings is 1. The van der Waals surface area contributed by atoms with Gasteiger partial charge in [0.15, 0.2) is 0 Å². The largest absolute Gasteiger partial charge is 0.471 e. The van der Waals surface area contributed by atoms with Crippen molar-refractivity contribution in [3.8, 4) is 0 Å². The molecule has 218 valence electrons. The van der Waals surface area contributed by atoms with Gasteiger partial charge in [-0.05, 0) is 42.3 Å². The quantitative estimate of drug-likeness (QED) is 0.440. The third-order valence-corrected chi connectivity index (χ3v) is 7.82. The Kier molecular flexibility index (Phi) is 7.93. The number of carbonyl (C=O) groups is 3.